The highest BCUT2D eigenvalue weighted by Gasteiger charge is 2.37. The van der Waals surface area contributed by atoms with Gasteiger partial charge in [-0.05, 0) is 75.0 Å². The van der Waals surface area contributed by atoms with Gasteiger partial charge >= 0.3 is 12.4 Å². The zero-order valence-electron chi connectivity index (χ0n) is 16.8. The molecular formula is C20H9BrF6I2N4O2. The van der Waals surface area contributed by atoms with Crippen molar-refractivity contribution in [1.29, 1.82) is 0 Å². The van der Waals surface area contributed by atoms with Gasteiger partial charge < -0.3 is 0 Å². The third-order valence-corrected chi connectivity index (χ3v) is 6.75. The zero-order chi connectivity index (χ0) is 26.3. The average Bonchev–Trinajstić information content (AvgIpc) is 2.77. The van der Waals surface area contributed by atoms with Crippen molar-refractivity contribution in [3.8, 4) is 0 Å². The molecule has 4 rings (SSSR count). The van der Waals surface area contributed by atoms with Gasteiger partial charge in [-0.25, -0.2) is 9.97 Å². The van der Waals surface area contributed by atoms with Crippen LogP contribution in [0.4, 0.5) is 26.3 Å². The highest BCUT2D eigenvalue weighted by atomic mass is 127. The van der Waals surface area contributed by atoms with E-state index >= 15 is 0 Å². The summed E-state index contributed by atoms with van der Waals surface area (Å²) in [5.74, 6) is 0. The van der Waals surface area contributed by atoms with Crippen LogP contribution in [0.3, 0.4) is 0 Å². The number of hydrogen-bond acceptors (Lipinski definition) is 4. The molecule has 0 unspecified atom stereocenters. The van der Waals surface area contributed by atoms with Gasteiger partial charge in [0.25, 0.3) is 11.1 Å². The first-order valence-corrected chi connectivity index (χ1v) is 12.0. The normalized spacial score (nSPS) is 11.9. The third kappa shape index (κ3) is 5.87. The second-order valence-corrected chi connectivity index (χ2v) is 9.69. The first-order chi connectivity index (χ1) is 16.1. The van der Waals surface area contributed by atoms with Crippen LogP contribution in [0.25, 0.3) is 17.4 Å². The van der Waals surface area contributed by atoms with Gasteiger partial charge in [0, 0.05) is 16.9 Å². The van der Waals surface area contributed by atoms with Crippen molar-refractivity contribution in [2.24, 2.45) is 0 Å². The highest BCUT2D eigenvalue weighted by molar-refractivity contribution is 14.1. The summed E-state index contributed by atoms with van der Waals surface area (Å²) in [6, 6.07) is 5.86. The van der Waals surface area contributed by atoms with Crippen LogP contribution in [-0.2, 0) is 12.4 Å². The van der Waals surface area contributed by atoms with E-state index in [1.165, 1.54) is 75.8 Å². The number of nitrogens with zero attached hydrogens (tertiary/aromatic N) is 4. The topological polar surface area (TPSA) is 68.7 Å². The van der Waals surface area contributed by atoms with E-state index in [1.54, 1.807) is 12.1 Å². The molecule has 0 saturated carbocycles. The molecule has 0 saturated heterocycles. The summed E-state index contributed by atoms with van der Waals surface area (Å²) < 4.78 is 77.8. The summed E-state index contributed by atoms with van der Waals surface area (Å²) in [7, 11) is 0. The molecule has 184 valence electrons. The molecule has 35 heavy (non-hydrogen) atoms. The van der Waals surface area contributed by atoms with Gasteiger partial charge in [-0.2, -0.15) is 26.3 Å². The van der Waals surface area contributed by atoms with E-state index in [4.69, 9.17) is 0 Å². The van der Waals surface area contributed by atoms with Crippen molar-refractivity contribution in [1.82, 2.24) is 18.8 Å². The van der Waals surface area contributed by atoms with Crippen molar-refractivity contribution < 1.29 is 26.3 Å². The molecule has 0 aromatic carbocycles. The van der Waals surface area contributed by atoms with E-state index in [2.05, 4.69) is 32.5 Å². The van der Waals surface area contributed by atoms with Crippen molar-refractivity contribution in [3.63, 3.8) is 0 Å². The van der Waals surface area contributed by atoms with Gasteiger partial charge in [-0.3, -0.25) is 18.4 Å². The van der Waals surface area contributed by atoms with E-state index in [1.807, 2.05) is 0 Å². The maximum atomic E-state index is 12.7. The maximum Gasteiger partial charge on any atom is 0.434 e. The molecule has 15 heteroatoms. The summed E-state index contributed by atoms with van der Waals surface area (Å²) in [5, 5.41) is 0. The Balaban J connectivity index is 0.000000196. The number of aromatic nitrogens is 4. The largest absolute Gasteiger partial charge is 0.434 e. The fraction of sp³-hybridized carbons (Fsp3) is 0.100. The Bertz CT molecular complexity index is 1580. The standard InChI is InChI=1S/C11H6F3IN2O.C9H3BrF3IN2O/c1-2-6-3-4-17-7(5-6)16-9(11(12,13)14)8(15)10(17)18;10-4-1-2-16-5(3-4)15-7(9(11,12)13)6(14)8(16)17/h2-5H,1H2;1-3H. The molecule has 0 spiro atoms. The summed E-state index contributed by atoms with van der Waals surface area (Å²) >= 11 is 5.83. The molecule has 4 aromatic rings. The van der Waals surface area contributed by atoms with Crippen LogP contribution < -0.4 is 11.1 Å². The van der Waals surface area contributed by atoms with Crippen LogP contribution >= 0.6 is 61.1 Å². The van der Waals surface area contributed by atoms with Crippen LogP contribution in [0.2, 0.25) is 0 Å². The van der Waals surface area contributed by atoms with Crippen molar-refractivity contribution in [2.75, 3.05) is 0 Å². The second-order valence-electron chi connectivity index (χ2n) is 6.62. The predicted molar refractivity (Wildman–Crippen MR) is 136 cm³/mol. The smallest absolute Gasteiger partial charge is 0.268 e. The number of hydrogen-bond donors (Lipinski definition) is 0. The Hall–Kier alpha value is -2.02. The van der Waals surface area contributed by atoms with Gasteiger partial charge in [0.05, 0.1) is 0 Å². The number of halogens is 9. The summed E-state index contributed by atoms with van der Waals surface area (Å²) in [4.78, 5) is 30.5. The maximum absolute atomic E-state index is 12.7. The minimum Gasteiger partial charge on any atom is -0.268 e. The Morgan fingerprint density at radius 3 is 1.69 bits per heavy atom. The number of alkyl halides is 6. The van der Waals surface area contributed by atoms with Crippen molar-refractivity contribution in [2.45, 2.75) is 12.4 Å². The van der Waals surface area contributed by atoms with Crippen LogP contribution in [0, 0.1) is 7.14 Å². The molecule has 0 aliphatic heterocycles. The van der Waals surface area contributed by atoms with Crippen LogP contribution in [0.1, 0.15) is 17.0 Å². The first kappa shape index (κ1) is 27.6. The van der Waals surface area contributed by atoms with E-state index in [0.29, 0.717) is 10.0 Å². The van der Waals surface area contributed by atoms with Crippen molar-refractivity contribution >= 4 is 78.5 Å². The molecular weight excluding hydrogens is 776 g/mol. The average molecular weight is 785 g/mol. The summed E-state index contributed by atoms with van der Waals surface area (Å²) in [6.07, 6.45) is -5.06. The van der Waals surface area contributed by atoms with Gasteiger partial charge in [0.2, 0.25) is 0 Å². The SMILES string of the molecule is C=Cc1ccn2c(=O)c(I)c(C(F)(F)F)nc2c1.O=c1c(I)c(C(F)(F)F)nc2cc(Br)ccn12. The fourth-order valence-electron chi connectivity index (χ4n) is 2.73. The van der Waals surface area contributed by atoms with Gasteiger partial charge in [-0.1, -0.05) is 28.6 Å². The zero-order valence-corrected chi connectivity index (χ0v) is 22.7. The van der Waals surface area contributed by atoms with Crippen LogP contribution in [0.15, 0.2) is 57.3 Å². The Kier molecular flexibility index (Phi) is 8.00. The lowest BCUT2D eigenvalue weighted by Crippen LogP contribution is -2.24. The fourth-order valence-corrected chi connectivity index (χ4v) is 4.42. The lowest BCUT2D eigenvalue weighted by atomic mass is 10.2. The molecule has 0 fully saturated rings. The lowest BCUT2D eigenvalue weighted by molar-refractivity contribution is -0.142. The minimum atomic E-state index is -4.64. The Labute approximate surface area is 227 Å². The number of pyridine rings is 2. The molecule has 0 radical (unpaired) electrons. The highest BCUT2D eigenvalue weighted by Crippen LogP contribution is 2.31. The van der Waals surface area contributed by atoms with Crippen LogP contribution in [0.5, 0.6) is 0 Å². The van der Waals surface area contributed by atoms with E-state index in [-0.39, 0.29) is 11.3 Å². The molecule has 0 aliphatic carbocycles. The van der Waals surface area contributed by atoms with E-state index in [0.717, 1.165) is 8.80 Å². The van der Waals surface area contributed by atoms with E-state index in [9.17, 15) is 35.9 Å². The molecule has 0 N–H and O–H groups in total. The van der Waals surface area contributed by atoms with Gasteiger partial charge in [0.15, 0.2) is 11.4 Å². The van der Waals surface area contributed by atoms with Crippen molar-refractivity contribution in [3.05, 3.63) is 92.5 Å². The Morgan fingerprint density at radius 1 is 0.829 bits per heavy atom. The molecule has 0 bridgehead atoms. The predicted octanol–water partition coefficient (Wildman–Crippen LogP) is 6.04. The molecule has 0 amide bonds. The lowest BCUT2D eigenvalue weighted by Gasteiger charge is -2.10. The molecule has 0 atom stereocenters. The summed E-state index contributed by atoms with van der Waals surface area (Å²) in [5.41, 5.74) is -3.27. The monoisotopic (exact) mass is 784 g/mol. The van der Waals surface area contributed by atoms with Gasteiger partial charge in [0.1, 0.15) is 18.4 Å². The minimum absolute atomic E-state index is 0.0443. The first-order valence-electron chi connectivity index (χ1n) is 9.01. The van der Waals surface area contributed by atoms with Crippen LogP contribution in [-0.4, -0.2) is 18.8 Å². The molecule has 6 nitrogen and oxygen atoms in total. The molecule has 4 heterocycles. The molecule has 4 aromatic heterocycles. The molecule has 0 aliphatic rings. The quantitative estimate of drug-likeness (QED) is 0.175. The third-order valence-electron chi connectivity index (χ3n) is 4.31. The van der Waals surface area contributed by atoms with E-state index < -0.39 is 42.0 Å². The number of rotatable bonds is 1. The Morgan fingerprint density at radius 2 is 1.26 bits per heavy atom. The second kappa shape index (κ2) is 10.2. The van der Waals surface area contributed by atoms with Gasteiger partial charge in [-0.15, -0.1) is 0 Å². The summed E-state index contributed by atoms with van der Waals surface area (Å²) in [6.45, 7) is 3.51. The number of fused-ring (bicyclic) bond motifs is 2.